The zero-order valence-corrected chi connectivity index (χ0v) is 24.3. The first kappa shape index (κ1) is 27.2. The molecule has 4 heterocycles. The van der Waals surface area contributed by atoms with Gasteiger partial charge in [0.15, 0.2) is 0 Å². The zero-order chi connectivity index (χ0) is 28.6. The summed E-state index contributed by atoms with van der Waals surface area (Å²) < 4.78 is 15.1. The van der Waals surface area contributed by atoms with Crippen LogP contribution in [0.1, 0.15) is 41.4 Å². The quantitative estimate of drug-likeness (QED) is 0.311. The summed E-state index contributed by atoms with van der Waals surface area (Å²) in [4.78, 5) is 15.9. The second-order valence-electron chi connectivity index (χ2n) is 11.5. The van der Waals surface area contributed by atoms with E-state index in [2.05, 4.69) is 40.4 Å². The van der Waals surface area contributed by atoms with Gasteiger partial charge >= 0.3 is 0 Å². The van der Waals surface area contributed by atoms with Crippen LogP contribution in [0.5, 0.6) is 5.75 Å². The van der Waals surface area contributed by atoms with E-state index in [4.69, 9.17) is 14.6 Å². The van der Waals surface area contributed by atoms with Gasteiger partial charge in [-0.25, -0.2) is 0 Å². The molecule has 1 N–H and O–H groups in total. The summed E-state index contributed by atoms with van der Waals surface area (Å²) in [5, 5.41) is 12.3. The molecule has 1 amide bonds. The average Bonchev–Trinajstić information content (AvgIpc) is 3.58. The lowest BCUT2D eigenvalue weighted by molar-refractivity contribution is -0.189. The molecule has 1 spiro atoms. The highest BCUT2D eigenvalue weighted by atomic mass is 16.5. The van der Waals surface area contributed by atoms with Gasteiger partial charge in [0.1, 0.15) is 12.4 Å². The van der Waals surface area contributed by atoms with Crippen molar-refractivity contribution in [2.75, 3.05) is 39.5 Å². The fourth-order valence-corrected chi connectivity index (χ4v) is 5.70. The third-order valence-electron chi connectivity index (χ3n) is 8.17. The van der Waals surface area contributed by atoms with E-state index >= 15 is 0 Å². The molecular formula is C32H38N6O3. The van der Waals surface area contributed by atoms with Crippen molar-refractivity contribution in [1.82, 2.24) is 29.8 Å². The van der Waals surface area contributed by atoms with E-state index < -0.39 is 0 Å². The lowest BCUT2D eigenvalue weighted by atomic mass is 9.78. The Morgan fingerprint density at radius 3 is 2.61 bits per heavy atom. The maximum absolute atomic E-state index is 13.5. The third kappa shape index (κ3) is 5.78. The van der Waals surface area contributed by atoms with E-state index in [1.165, 1.54) is 0 Å². The van der Waals surface area contributed by atoms with Gasteiger partial charge in [0.05, 0.1) is 31.1 Å². The van der Waals surface area contributed by atoms with Crippen LogP contribution < -0.4 is 10.1 Å². The number of nitrogens with one attached hydrogen (secondary N) is 1. The zero-order valence-electron chi connectivity index (χ0n) is 24.3. The lowest BCUT2D eigenvalue weighted by Gasteiger charge is -2.55. The summed E-state index contributed by atoms with van der Waals surface area (Å²) in [5.41, 5.74) is 6.87. The molecule has 2 aliphatic heterocycles. The van der Waals surface area contributed by atoms with Crippen LogP contribution >= 0.6 is 0 Å². The maximum Gasteiger partial charge on any atom is 0.252 e. The normalized spacial score (nSPS) is 16.7. The van der Waals surface area contributed by atoms with Crippen molar-refractivity contribution in [3.05, 3.63) is 77.7 Å². The summed E-state index contributed by atoms with van der Waals surface area (Å²) in [6, 6.07) is 13.9. The van der Waals surface area contributed by atoms with Crippen LogP contribution in [-0.2, 0) is 18.3 Å². The Hall–Kier alpha value is -3.95. The molecule has 0 unspecified atom stereocenters. The number of rotatable bonds is 10. The van der Waals surface area contributed by atoms with Gasteiger partial charge in [-0.3, -0.25) is 19.1 Å². The monoisotopic (exact) mass is 554 g/mol. The fraction of sp³-hybridized carbons (Fsp3) is 0.406. The van der Waals surface area contributed by atoms with Crippen molar-refractivity contribution < 1.29 is 14.3 Å². The van der Waals surface area contributed by atoms with Crippen LogP contribution in [0.3, 0.4) is 0 Å². The summed E-state index contributed by atoms with van der Waals surface area (Å²) in [5.74, 6) is 0.585. The molecule has 2 aliphatic rings. The van der Waals surface area contributed by atoms with Gasteiger partial charge in [-0.05, 0) is 73.9 Å². The lowest BCUT2D eigenvalue weighted by Crippen LogP contribution is -2.66. The highest BCUT2D eigenvalue weighted by molar-refractivity contribution is 5.96. The number of likely N-dealkylation sites (tertiary alicyclic amines) is 1. The Morgan fingerprint density at radius 1 is 1.12 bits per heavy atom. The molecule has 9 nitrogen and oxygen atoms in total. The molecule has 2 fully saturated rings. The molecule has 2 saturated heterocycles. The minimum atomic E-state index is -0.232. The predicted octanol–water partition coefficient (Wildman–Crippen LogP) is 4.48. The van der Waals surface area contributed by atoms with Gasteiger partial charge < -0.3 is 14.8 Å². The average molecular weight is 555 g/mol. The summed E-state index contributed by atoms with van der Waals surface area (Å²) in [7, 11) is 1.91. The second kappa shape index (κ2) is 11.1. The number of hydrogen-bond donors (Lipinski definition) is 1. The molecule has 41 heavy (non-hydrogen) atoms. The number of amides is 1. The molecule has 0 aliphatic carbocycles. The van der Waals surface area contributed by atoms with Gasteiger partial charge in [-0.1, -0.05) is 6.07 Å². The molecule has 0 bridgehead atoms. The molecule has 214 valence electrons. The Bertz CT molecular complexity index is 1540. The predicted molar refractivity (Wildman–Crippen MR) is 158 cm³/mol. The minimum absolute atomic E-state index is 0.126. The molecule has 1 atom stereocenters. The van der Waals surface area contributed by atoms with Gasteiger partial charge in [0.25, 0.3) is 5.91 Å². The Labute approximate surface area is 241 Å². The second-order valence-corrected chi connectivity index (χ2v) is 11.5. The van der Waals surface area contributed by atoms with Crippen molar-refractivity contribution in [3.8, 4) is 28.1 Å². The van der Waals surface area contributed by atoms with Crippen LogP contribution in [0.4, 0.5) is 0 Å². The van der Waals surface area contributed by atoms with E-state index in [0.717, 1.165) is 72.9 Å². The molecule has 9 heteroatoms. The van der Waals surface area contributed by atoms with Crippen molar-refractivity contribution >= 4 is 5.91 Å². The third-order valence-corrected chi connectivity index (χ3v) is 8.17. The SMILES string of the molecule is CCn1ccc(-c2cc(-c3cnn(C)c3)cc([C@@H](C)NC(=O)c3cc(OCCN4CC5(COC5)C4)ccc3C)c2)n1. The topological polar surface area (TPSA) is 86.4 Å². The molecular weight excluding hydrogens is 516 g/mol. The Morgan fingerprint density at radius 2 is 1.93 bits per heavy atom. The molecule has 2 aromatic heterocycles. The van der Waals surface area contributed by atoms with E-state index in [0.29, 0.717) is 23.3 Å². The van der Waals surface area contributed by atoms with Crippen molar-refractivity contribution in [3.63, 3.8) is 0 Å². The van der Waals surface area contributed by atoms with Gasteiger partial charge in [-0.15, -0.1) is 0 Å². The fourth-order valence-electron chi connectivity index (χ4n) is 5.70. The molecule has 4 aromatic rings. The number of ether oxygens (including phenoxy) is 2. The summed E-state index contributed by atoms with van der Waals surface area (Å²) in [6.07, 6.45) is 5.83. The molecule has 2 aromatic carbocycles. The number of carbonyl (C=O) groups is 1. The molecule has 6 rings (SSSR count). The van der Waals surface area contributed by atoms with Crippen molar-refractivity contribution in [2.24, 2.45) is 12.5 Å². The highest BCUT2D eigenvalue weighted by Gasteiger charge is 2.48. The number of benzene rings is 2. The first-order chi connectivity index (χ1) is 19.8. The van der Waals surface area contributed by atoms with Crippen molar-refractivity contribution in [1.29, 1.82) is 0 Å². The van der Waals surface area contributed by atoms with Gasteiger partial charge in [0.2, 0.25) is 0 Å². The van der Waals surface area contributed by atoms with E-state index in [9.17, 15) is 4.79 Å². The van der Waals surface area contributed by atoms with Gasteiger partial charge in [0, 0.05) is 67.7 Å². The number of nitrogens with zero attached hydrogens (tertiary/aromatic N) is 5. The van der Waals surface area contributed by atoms with Gasteiger partial charge in [-0.2, -0.15) is 10.2 Å². The number of aromatic nitrogens is 4. The minimum Gasteiger partial charge on any atom is -0.492 e. The Kier molecular flexibility index (Phi) is 7.40. The summed E-state index contributed by atoms with van der Waals surface area (Å²) in [6.45, 7) is 12.2. The van der Waals surface area contributed by atoms with E-state index in [-0.39, 0.29) is 11.9 Å². The van der Waals surface area contributed by atoms with Crippen LogP contribution in [0.15, 0.2) is 61.1 Å². The van der Waals surface area contributed by atoms with Crippen LogP contribution in [0, 0.1) is 12.3 Å². The highest BCUT2D eigenvalue weighted by Crippen LogP contribution is 2.37. The first-order valence-corrected chi connectivity index (χ1v) is 14.3. The van der Waals surface area contributed by atoms with Crippen LogP contribution in [-0.4, -0.2) is 69.8 Å². The molecule has 0 saturated carbocycles. The number of carbonyl (C=O) groups excluding carboxylic acids is 1. The smallest absolute Gasteiger partial charge is 0.252 e. The molecule has 0 radical (unpaired) electrons. The summed E-state index contributed by atoms with van der Waals surface area (Å²) >= 11 is 0. The number of hydrogen-bond acceptors (Lipinski definition) is 6. The standard InChI is InChI=1S/C32H38N6O3/c1-5-38-9-8-30(35-38)26-13-24(12-25(14-26)27-16-33-36(4)17-27)23(3)34-31(39)29-15-28(7-6-22(29)2)41-11-10-37-18-32(19-37)20-40-21-32/h6-9,12-17,23H,5,10-11,18-21H2,1-4H3,(H,34,39)/t23-/m1/s1. The largest absolute Gasteiger partial charge is 0.492 e. The first-order valence-electron chi connectivity index (χ1n) is 14.3. The van der Waals surface area contributed by atoms with E-state index in [1.54, 1.807) is 4.68 Å². The van der Waals surface area contributed by atoms with Crippen LogP contribution in [0.25, 0.3) is 22.4 Å². The van der Waals surface area contributed by atoms with Crippen LogP contribution in [0.2, 0.25) is 0 Å². The maximum atomic E-state index is 13.5. The van der Waals surface area contributed by atoms with E-state index in [1.807, 2.05) is 68.4 Å². The van der Waals surface area contributed by atoms with Crippen molar-refractivity contribution in [2.45, 2.75) is 33.4 Å². The number of aryl methyl sites for hydroxylation is 3. The Balaban J connectivity index is 1.16.